The van der Waals surface area contributed by atoms with Gasteiger partial charge in [-0.05, 0) is 36.6 Å². The molecule has 1 aromatic carbocycles. The highest BCUT2D eigenvalue weighted by Gasteiger charge is 2.23. The molecule has 0 saturated heterocycles. The SMILES string of the molecule is NCc1cc(Cl)ccc1N(CCO)C1CCCC1. The lowest BCUT2D eigenvalue weighted by Gasteiger charge is -2.32. The van der Waals surface area contributed by atoms with Crippen LogP contribution in [0, 0.1) is 0 Å². The fraction of sp³-hybridized carbons (Fsp3) is 0.571. The van der Waals surface area contributed by atoms with Crippen LogP contribution in [0.15, 0.2) is 18.2 Å². The number of hydrogen-bond donors (Lipinski definition) is 2. The smallest absolute Gasteiger partial charge is 0.0606 e. The van der Waals surface area contributed by atoms with Gasteiger partial charge in [0.25, 0.3) is 0 Å². The number of hydrogen-bond acceptors (Lipinski definition) is 3. The summed E-state index contributed by atoms with van der Waals surface area (Å²) in [6, 6.07) is 6.38. The molecule has 1 aromatic rings. The van der Waals surface area contributed by atoms with Crippen molar-refractivity contribution in [3.05, 3.63) is 28.8 Å². The minimum absolute atomic E-state index is 0.170. The quantitative estimate of drug-likeness (QED) is 0.863. The molecule has 0 aliphatic heterocycles. The second-order valence-electron chi connectivity index (χ2n) is 4.83. The summed E-state index contributed by atoms with van der Waals surface area (Å²) in [5.41, 5.74) is 7.99. The fourth-order valence-corrected chi connectivity index (χ4v) is 3.02. The largest absolute Gasteiger partial charge is 0.395 e. The molecule has 18 heavy (non-hydrogen) atoms. The van der Waals surface area contributed by atoms with Crippen LogP contribution in [0.5, 0.6) is 0 Å². The van der Waals surface area contributed by atoms with Crippen molar-refractivity contribution >= 4 is 17.3 Å². The Morgan fingerprint density at radius 3 is 2.67 bits per heavy atom. The highest BCUT2D eigenvalue weighted by molar-refractivity contribution is 6.30. The maximum atomic E-state index is 9.28. The molecule has 0 atom stereocenters. The van der Waals surface area contributed by atoms with Gasteiger partial charge >= 0.3 is 0 Å². The number of halogens is 1. The van der Waals surface area contributed by atoms with Crippen LogP contribution in [0.3, 0.4) is 0 Å². The van der Waals surface area contributed by atoms with Crippen molar-refractivity contribution in [3.8, 4) is 0 Å². The van der Waals surface area contributed by atoms with Gasteiger partial charge in [-0.15, -0.1) is 0 Å². The van der Waals surface area contributed by atoms with E-state index in [1.807, 2.05) is 18.2 Å². The maximum absolute atomic E-state index is 9.28. The molecule has 1 fully saturated rings. The van der Waals surface area contributed by atoms with Gasteiger partial charge in [-0.3, -0.25) is 0 Å². The zero-order chi connectivity index (χ0) is 13.0. The second-order valence-corrected chi connectivity index (χ2v) is 5.27. The summed E-state index contributed by atoms with van der Waals surface area (Å²) in [5.74, 6) is 0. The van der Waals surface area contributed by atoms with E-state index < -0.39 is 0 Å². The first kappa shape index (κ1) is 13.7. The molecule has 0 bridgehead atoms. The summed E-state index contributed by atoms with van der Waals surface area (Å²) >= 11 is 6.01. The predicted molar refractivity (Wildman–Crippen MR) is 76.0 cm³/mol. The number of rotatable bonds is 5. The van der Waals surface area contributed by atoms with Gasteiger partial charge in [0.05, 0.1) is 6.61 Å². The van der Waals surface area contributed by atoms with E-state index in [2.05, 4.69) is 4.90 Å². The normalized spacial score (nSPS) is 16.2. The molecule has 0 unspecified atom stereocenters. The summed E-state index contributed by atoms with van der Waals surface area (Å²) in [4.78, 5) is 2.30. The molecule has 1 saturated carbocycles. The van der Waals surface area contributed by atoms with Gasteiger partial charge in [0, 0.05) is 29.8 Å². The Bertz CT molecular complexity index is 391. The van der Waals surface area contributed by atoms with Crippen molar-refractivity contribution in [2.24, 2.45) is 5.73 Å². The Labute approximate surface area is 114 Å². The molecule has 0 radical (unpaired) electrons. The Kier molecular flexibility index (Phi) is 4.87. The average molecular weight is 269 g/mol. The molecule has 1 aliphatic rings. The molecule has 4 heteroatoms. The van der Waals surface area contributed by atoms with Crippen molar-refractivity contribution in [2.75, 3.05) is 18.1 Å². The summed E-state index contributed by atoms with van der Waals surface area (Å²) in [5, 5.41) is 9.99. The first-order chi connectivity index (χ1) is 8.76. The van der Waals surface area contributed by atoms with Gasteiger partial charge < -0.3 is 15.7 Å². The summed E-state index contributed by atoms with van der Waals surface area (Å²) in [6.07, 6.45) is 4.95. The van der Waals surface area contributed by atoms with E-state index in [9.17, 15) is 5.11 Å². The average Bonchev–Trinajstić information content (AvgIpc) is 2.90. The molecular weight excluding hydrogens is 248 g/mol. The van der Waals surface area contributed by atoms with Crippen LogP contribution in [0.25, 0.3) is 0 Å². The van der Waals surface area contributed by atoms with Crippen molar-refractivity contribution < 1.29 is 5.11 Å². The van der Waals surface area contributed by atoms with E-state index in [-0.39, 0.29) is 6.61 Å². The van der Waals surface area contributed by atoms with Crippen LogP contribution >= 0.6 is 11.6 Å². The van der Waals surface area contributed by atoms with Crippen molar-refractivity contribution in [3.63, 3.8) is 0 Å². The van der Waals surface area contributed by atoms with Gasteiger partial charge in [-0.1, -0.05) is 24.4 Å². The maximum Gasteiger partial charge on any atom is 0.0606 e. The number of aliphatic hydroxyl groups is 1. The highest BCUT2D eigenvalue weighted by Crippen LogP contribution is 2.31. The van der Waals surface area contributed by atoms with Crippen molar-refractivity contribution in [1.82, 2.24) is 0 Å². The van der Waals surface area contributed by atoms with Crippen LogP contribution in [0.4, 0.5) is 5.69 Å². The van der Waals surface area contributed by atoms with Crippen LogP contribution in [-0.4, -0.2) is 24.3 Å². The van der Waals surface area contributed by atoms with Crippen LogP contribution in [-0.2, 0) is 6.54 Å². The molecule has 2 rings (SSSR count). The lowest BCUT2D eigenvalue weighted by atomic mass is 10.1. The third-order valence-electron chi connectivity index (χ3n) is 3.68. The standard InChI is InChI=1S/C14H21ClN2O/c15-12-5-6-14(11(9-12)10-16)17(7-8-18)13-3-1-2-4-13/h5-6,9,13,18H,1-4,7-8,10,16H2. The lowest BCUT2D eigenvalue weighted by molar-refractivity contribution is 0.297. The summed E-state index contributed by atoms with van der Waals surface area (Å²) < 4.78 is 0. The van der Waals surface area contributed by atoms with E-state index >= 15 is 0 Å². The second kappa shape index (κ2) is 6.41. The Balaban J connectivity index is 2.28. The fourth-order valence-electron chi connectivity index (χ4n) is 2.82. The first-order valence-corrected chi connectivity index (χ1v) is 7.00. The van der Waals surface area contributed by atoms with E-state index in [0.29, 0.717) is 19.1 Å². The van der Waals surface area contributed by atoms with E-state index in [4.69, 9.17) is 17.3 Å². The molecule has 100 valence electrons. The van der Waals surface area contributed by atoms with Crippen LogP contribution in [0.2, 0.25) is 5.02 Å². The zero-order valence-corrected chi connectivity index (χ0v) is 11.4. The minimum atomic E-state index is 0.170. The molecular formula is C14H21ClN2O. The molecule has 0 spiro atoms. The number of nitrogens with zero attached hydrogens (tertiary/aromatic N) is 1. The molecule has 1 aliphatic carbocycles. The molecule has 3 N–H and O–H groups in total. The van der Waals surface area contributed by atoms with E-state index in [0.717, 1.165) is 16.3 Å². The number of anilines is 1. The van der Waals surface area contributed by atoms with Crippen LogP contribution < -0.4 is 10.6 Å². The summed E-state index contributed by atoms with van der Waals surface area (Å²) in [6.45, 7) is 1.31. The minimum Gasteiger partial charge on any atom is -0.395 e. The molecule has 0 heterocycles. The Morgan fingerprint density at radius 1 is 1.33 bits per heavy atom. The lowest BCUT2D eigenvalue weighted by Crippen LogP contribution is -2.36. The summed E-state index contributed by atoms with van der Waals surface area (Å²) in [7, 11) is 0. The van der Waals surface area contributed by atoms with Crippen LogP contribution in [0.1, 0.15) is 31.2 Å². The topological polar surface area (TPSA) is 49.5 Å². The third kappa shape index (κ3) is 2.97. The number of nitrogens with two attached hydrogens (primary N) is 1. The predicted octanol–water partition coefficient (Wildman–Crippen LogP) is 2.54. The van der Waals surface area contributed by atoms with Crippen molar-refractivity contribution in [2.45, 2.75) is 38.3 Å². The monoisotopic (exact) mass is 268 g/mol. The van der Waals surface area contributed by atoms with Gasteiger partial charge in [-0.25, -0.2) is 0 Å². The Morgan fingerprint density at radius 2 is 2.06 bits per heavy atom. The van der Waals surface area contributed by atoms with E-state index in [1.165, 1.54) is 25.7 Å². The van der Waals surface area contributed by atoms with Gasteiger partial charge in [0.15, 0.2) is 0 Å². The Hall–Kier alpha value is -0.770. The van der Waals surface area contributed by atoms with E-state index in [1.54, 1.807) is 0 Å². The van der Waals surface area contributed by atoms with Gasteiger partial charge in [0.1, 0.15) is 0 Å². The number of benzene rings is 1. The van der Waals surface area contributed by atoms with Gasteiger partial charge in [0.2, 0.25) is 0 Å². The molecule has 0 amide bonds. The van der Waals surface area contributed by atoms with Crippen molar-refractivity contribution in [1.29, 1.82) is 0 Å². The molecule has 0 aromatic heterocycles. The third-order valence-corrected chi connectivity index (χ3v) is 3.91. The number of aliphatic hydroxyl groups excluding tert-OH is 1. The highest BCUT2D eigenvalue weighted by atomic mass is 35.5. The zero-order valence-electron chi connectivity index (χ0n) is 10.6. The first-order valence-electron chi connectivity index (χ1n) is 6.62. The molecule has 3 nitrogen and oxygen atoms in total. The van der Waals surface area contributed by atoms with Gasteiger partial charge in [-0.2, -0.15) is 0 Å².